The SMILES string of the molecule is CCC(C)CN(C)C1CCC(CO)(NC(C)C)C1. The maximum absolute atomic E-state index is 9.71. The molecule has 0 aromatic heterocycles. The molecule has 0 aromatic carbocycles. The molecule has 0 spiro atoms. The highest BCUT2D eigenvalue weighted by molar-refractivity contribution is 4.99. The number of aliphatic hydroxyl groups excluding tert-OH is 1. The van der Waals surface area contributed by atoms with Gasteiger partial charge >= 0.3 is 0 Å². The predicted molar refractivity (Wildman–Crippen MR) is 77.8 cm³/mol. The summed E-state index contributed by atoms with van der Waals surface area (Å²) in [6.07, 6.45) is 4.62. The van der Waals surface area contributed by atoms with Crippen LogP contribution in [0.25, 0.3) is 0 Å². The van der Waals surface area contributed by atoms with Crippen molar-refractivity contribution in [2.24, 2.45) is 5.92 Å². The fourth-order valence-corrected chi connectivity index (χ4v) is 3.18. The minimum Gasteiger partial charge on any atom is -0.394 e. The van der Waals surface area contributed by atoms with Crippen LogP contribution in [0.5, 0.6) is 0 Å². The van der Waals surface area contributed by atoms with Gasteiger partial charge in [-0.3, -0.25) is 0 Å². The fourth-order valence-electron chi connectivity index (χ4n) is 3.18. The quantitative estimate of drug-likeness (QED) is 0.733. The zero-order valence-corrected chi connectivity index (χ0v) is 12.9. The second kappa shape index (κ2) is 6.88. The van der Waals surface area contributed by atoms with Crippen LogP contribution in [0.4, 0.5) is 0 Å². The summed E-state index contributed by atoms with van der Waals surface area (Å²) in [5.41, 5.74) is -0.0391. The van der Waals surface area contributed by atoms with Gasteiger partial charge < -0.3 is 15.3 Å². The Kier molecular flexibility index (Phi) is 6.09. The first-order valence-electron chi connectivity index (χ1n) is 7.51. The van der Waals surface area contributed by atoms with Crippen LogP contribution >= 0.6 is 0 Å². The van der Waals surface area contributed by atoms with E-state index in [0.29, 0.717) is 12.1 Å². The summed E-state index contributed by atoms with van der Waals surface area (Å²) in [7, 11) is 2.24. The van der Waals surface area contributed by atoms with Crippen LogP contribution < -0.4 is 5.32 Å². The number of rotatable bonds is 7. The number of nitrogens with one attached hydrogen (secondary N) is 1. The number of aliphatic hydroxyl groups is 1. The van der Waals surface area contributed by atoms with Crippen molar-refractivity contribution in [2.45, 2.75) is 71.0 Å². The molecule has 0 aromatic rings. The molecule has 1 rings (SSSR count). The molecule has 1 aliphatic rings. The van der Waals surface area contributed by atoms with E-state index >= 15 is 0 Å². The van der Waals surface area contributed by atoms with Gasteiger partial charge in [-0.25, -0.2) is 0 Å². The molecule has 1 fully saturated rings. The molecular weight excluding hydrogens is 224 g/mol. The maximum atomic E-state index is 9.71. The van der Waals surface area contributed by atoms with Crippen molar-refractivity contribution >= 4 is 0 Å². The molecule has 2 N–H and O–H groups in total. The van der Waals surface area contributed by atoms with E-state index in [4.69, 9.17) is 0 Å². The number of hydrogen-bond donors (Lipinski definition) is 2. The molecule has 0 heterocycles. The summed E-state index contributed by atoms with van der Waals surface area (Å²) in [6, 6.07) is 1.06. The first kappa shape index (κ1) is 15.9. The summed E-state index contributed by atoms with van der Waals surface area (Å²) >= 11 is 0. The van der Waals surface area contributed by atoms with Crippen molar-refractivity contribution in [3.63, 3.8) is 0 Å². The van der Waals surface area contributed by atoms with Gasteiger partial charge in [0.1, 0.15) is 0 Å². The molecular formula is C15H32N2O. The van der Waals surface area contributed by atoms with Crippen molar-refractivity contribution in [1.29, 1.82) is 0 Å². The minimum atomic E-state index is -0.0391. The molecule has 3 unspecified atom stereocenters. The summed E-state index contributed by atoms with van der Waals surface area (Å²) in [4.78, 5) is 2.49. The zero-order valence-electron chi connectivity index (χ0n) is 12.9. The first-order chi connectivity index (χ1) is 8.42. The summed E-state index contributed by atoms with van der Waals surface area (Å²) in [6.45, 7) is 10.3. The van der Waals surface area contributed by atoms with Gasteiger partial charge in [-0.1, -0.05) is 34.1 Å². The Bertz CT molecular complexity index is 245. The Morgan fingerprint density at radius 3 is 2.56 bits per heavy atom. The average molecular weight is 256 g/mol. The van der Waals surface area contributed by atoms with Crippen LogP contribution in [0.3, 0.4) is 0 Å². The van der Waals surface area contributed by atoms with Gasteiger partial charge in [0.05, 0.1) is 6.61 Å². The second-order valence-corrected chi connectivity index (χ2v) is 6.59. The average Bonchev–Trinajstić information content (AvgIpc) is 2.73. The van der Waals surface area contributed by atoms with Gasteiger partial charge in [-0.2, -0.15) is 0 Å². The van der Waals surface area contributed by atoms with E-state index in [0.717, 1.165) is 18.8 Å². The van der Waals surface area contributed by atoms with Gasteiger partial charge in [-0.15, -0.1) is 0 Å². The van der Waals surface area contributed by atoms with Gasteiger partial charge in [0.15, 0.2) is 0 Å². The first-order valence-corrected chi connectivity index (χ1v) is 7.51. The number of hydrogen-bond acceptors (Lipinski definition) is 3. The molecule has 3 heteroatoms. The molecule has 0 amide bonds. The third-order valence-electron chi connectivity index (χ3n) is 4.40. The Balaban J connectivity index is 2.52. The van der Waals surface area contributed by atoms with Crippen molar-refractivity contribution in [1.82, 2.24) is 10.2 Å². The lowest BCUT2D eigenvalue weighted by atomic mass is 9.97. The van der Waals surface area contributed by atoms with Gasteiger partial charge in [0.2, 0.25) is 0 Å². The fraction of sp³-hybridized carbons (Fsp3) is 1.00. The summed E-state index contributed by atoms with van der Waals surface area (Å²) in [5.74, 6) is 0.761. The normalized spacial score (nSPS) is 30.3. The van der Waals surface area contributed by atoms with Crippen LogP contribution in [0.1, 0.15) is 53.4 Å². The smallest absolute Gasteiger partial charge is 0.0614 e. The molecule has 18 heavy (non-hydrogen) atoms. The molecule has 108 valence electrons. The van der Waals surface area contributed by atoms with Crippen molar-refractivity contribution < 1.29 is 5.11 Å². The van der Waals surface area contributed by atoms with Crippen molar-refractivity contribution in [3.8, 4) is 0 Å². The minimum absolute atomic E-state index is 0.0391. The van der Waals surface area contributed by atoms with Crippen LogP contribution in [-0.4, -0.2) is 47.8 Å². The summed E-state index contributed by atoms with van der Waals surface area (Å²) in [5, 5.41) is 13.3. The van der Waals surface area contributed by atoms with Crippen LogP contribution in [-0.2, 0) is 0 Å². The highest BCUT2D eigenvalue weighted by atomic mass is 16.3. The molecule has 1 saturated carbocycles. The van der Waals surface area contributed by atoms with Crippen LogP contribution in [0.2, 0.25) is 0 Å². The topological polar surface area (TPSA) is 35.5 Å². The van der Waals surface area contributed by atoms with E-state index in [9.17, 15) is 5.11 Å². The molecule has 0 saturated heterocycles. The zero-order chi connectivity index (χ0) is 13.8. The Labute approximate surface area is 113 Å². The predicted octanol–water partition coefficient (Wildman–Crippen LogP) is 2.25. The van der Waals surface area contributed by atoms with Gasteiger partial charge in [-0.05, 0) is 32.2 Å². The second-order valence-electron chi connectivity index (χ2n) is 6.59. The monoisotopic (exact) mass is 256 g/mol. The third-order valence-corrected chi connectivity index (χ3v) is 4.40. The van der Waals surface area contributed by atoms with Crippen molar-refractivity contribution in [3.05, 3.63) is 0 Å². The van der Waals surface area contributed by atoms with E-state index in [1.165, 1.54) is 19.4 Å². The van der Waals surface area contributed by atoms with E-state index in [-0.39, 0.29) is 12.1 Å². The van der Waals surface area contributed by atoms with Gasteiger partial charge in [0.25, 0.3) is 0 Å². The Hall–Kier alpha value is -0.120. The molecule has 3 nitrogen and oxygen atoms in total. The van der Waals surface area contributed by atoms with E-state index in [1.807, 2.05) is 0 Å². The van der Waals surface area contributed by atoms with E-state index < -0.39 is 0 Å². The van der Waals surface area contributed by atoms with E-state index in [1.54, 1.807) is 0 Å². The lowest BCUT2D eigenvalue weighted by molar-refractivity contribution is 0.138. The standard InChI is InChI=1S/C15H32N2O/c1-6-13(4)10-17(5)14-7-8-15(9-14,11-18)16-12(2)3/h12-14,16,18H,6-11H2,1-5H3. The Morgan fingerprint density at radius 1 is 1.39 bits per heavy atom. The lowest BCUT2D eigenvalue weighted by Gasteiger charge is -2.33. The lowest BCUT2D eigenvalue weighted by Crippen LogP contribution is -2.50. The molecule has 3 atom stereocenters. The number of nitrogens with zero attached hydrogens (tertiary/aromatic N) is 1. The van der Waals surface area contributed by atoms with Crippen LogP contribution in [0.15, 0.2) is 0 Å². The molecule has 0 aliphatic heterocycles. The molecule has 0 radical (unpaired) electrons. The van der Waals surface area contributed by atoms with Gasteiger partial charge in [0, 0.05) is 24.2 Å². The maximum Gasteiger partial charge on any atom is 0.0614 e. The largest absolute Gasteiger partial charge is 0.394 e. The van der Waals surface area contributed by atoms with Crippen LogP contribution in [0, 0.1) is 5.92 Å². The Morgan fingerprint density at radius 2 is 2.06 bits per heavy atom. The molecule has 0 bridgehead atoms. The highest BCUT2D eigenvalue weighted by Crippen LogP contribution is 2.33. The van der Waals surface area contributed by atoms with Crippen molar-refractivity contribution in [2.75, 3.05) is 20.2 Å². The van der Waals surface area contributed by atoms with E-state index in [2.05, 4.69) is 45.0 Å². The highest BCUT2D eigenvalue weighted by Gasteiger charge is 2.40. The summed E-state index contributed by atoms with van der Waals surface area (Å²) < 4.78 is 0. The molecule has 1 aliphatic carbocycles. The third kappa shape index (κ3) is 4.22.